The second kappa shape index (κ2) is 9.63. The Morgan fingerprint density at radius 1 is 1.07 bits per heavy atom. The van der Waals surface area contributed by atoms with Crippen LogP contribution in [0.25, 0.3) is 0 Å². The van der Waals surface area contributed by atoms with E-state index < -0.39 is 11.7 Å². The largest absolute Gasteiger partial charge is 0.489 e. The molecule has 0 atom stereocenters. The number of aryl methyl sites for hydroxylation is 1. The quantitative estimate of drug-likeness (QED) is 0.622. The summed E-state index contributed by atoms with van der Waals surface area (Å²) in [4.78, 5) is 2.36. The number of nitrogens with zero attached hydrogens (tertiary/aromatic N) is 1. The van der Waals surface area contributed by atoms with Crippen molar-refractivity contribution in [2.75, 3.05) is 32.8 Å². The standard InChI is InChI=1S/C21H23ClF3NO2/c22-19-6-7-20(17(14-19)4-2-8-26-9-11-27-12-10-26)28-15-16-3-1-5-18(13-16)21(23,24)25/h1,3,5-7,13-14H,2,4,8-12,15H2. The number of rotatable bonds is 7. The number of alkyl halides is 3. The second-order valence-electron chi connectivity index (χ2n) is 6.80. The predicted molar refractivity (Wildman–Crippen MR) is 103 cm³/mol. The summed E-state index contributed by atoms with van der Waals surface area (Å²) in [5, 5.41) is 0.618. The molecule has 0 aromatic heterocycles. The lowest BCUT2D eigenvalue weighted by molar-refractivity contribution is -0.137. The molecule has 1 aliphatic heterocycles. The molecule has 0 amide bonds. The van der Waals surface area contributed by atoms with Crippen LogP contribution in [0.15, 0.2) is 42.5 Å². The molecular formula is C21H23ClF3NO2. The Kier molecular flexibility index (Phi) is 7.21. The molecule has 3 rings (SSSR count). The van der Waals surface area contributed by atoms with E-state index in [1.807, 2.05) is 6.07 Å². The molecule has 1 heterocycles. The first-order valence-electron chi connectivity index (χ1n) is 9.29. The zero-order chi connectivity index (χ0) is 20.0. The van der Waals surface area contributed by atoms with Crippen LogP contribution in [0.3, 0.4) is 0 Å². The molecule has 0 saturated carbocycles. The summed E-state index contributed by atoms with van der Waals surface area (Å²) >= 11 is 6.13. The minimum atomic E-state index is -4.36. The van der Waals surface area contributed by atoms with Crippen molar-refractivity contribution in [2.45, 2.75) is 25.6 Å². The first-order chi connectivity index (χ1) is 13.4. The van der Waals surface area contributed by atoms with Crippen molar-refractivity contribution in [3.63, 3.8) is 0 Å². The van der Waals surface area contributed by atoms with Gasteiger partial charge in [0.15, 0.2) is 0 Å². The van der Waals surface area contributed by atoms with E-state index in [0.29, 0.717) is 16.3 Å². The van der Waals surface area contributed by atoms with Gasteiger partial charge in [-0.1, -0.05) is 23.7 Å². The van der Waals surface area contributed by atoms with E-state index in [1.54, 1.807) is 18.2 Å². The van der Waals surface area contributed by atoms with Crippen LogP contribution >= 0.6 is 11.6 Å². The molecule has 152 valence electrons. The number of ether oxygens (including phenoxy) is 2. The molecule has 1 fully saturated rings. The molecule has 0 N–H and O–H groups in total. The third-order valence-corrected chi connectivity index (χ3v) is 4.93. The highest BCUT2D eigenvalue weighted by atomic mass is 35.5. The summed E-state index contributed by atoms with van der Waals surface area (Å²) in [6.45, 7) is 4.44. The Hall–Kier alpha value is -1.76. The summed E-state index contributed by atoms with van der Waals surface area (Å²) in [7, 11) is 0. The van der Waals surface area contributed by atoms with E-state index in [-0.39, 0.29) is 6.61 Å². The first kappa shape index (κ1) is 21.0. The first-order valence-corrected chi connectivity index (χ1v) is 9.67. The van der Waals surface area contributed by atoms with Gasteiger partial charge in [-0.25, -0.2) is 0 Å². The Balaban J connectivity index is 1.60. The van der Waals surface area contributed by atoms with Crippen LogP contribution in [-0.4, -0.2) is 37.7 Å². The maximum Gasteiger partial charge on any atom is 0.416 e. The van der Waals surface area contributed by atoms with Crippen molar-refractivity contribution in [3.8, 4) is 5.75 Å². The highest BCUT2D eigenvalue weighted by Gasteiger charge is 2.30. The highest BCUT2D eigenvalue weighted by molar-refractivity contribution is 6.30. The van der Waals surface area contributed by atoms with E-state index in [4.69, 9.17) is 21.1 Å². The molecule has 3 nitrogen and oxygen atoms in total. The van der Waals surface area contributed by atoms with Crippen molar-refractivity contribution in [1.29, 1.82) is 0 Å². The van der Waals surface area contributed by atoms with E-state index in [0.717, 1.165) is 63.4 Å². The van der Waals surface area contributed by atoms with Crippen LogP contribution in [0.2, 0.25) is 5.02 Å². The number of hydrogen-bond donors (Lipinski definition) is 0. The Morgan fingerprint density at radius 3 is 2.61 bits per heavy atom. The van der Waals surface area contributed by atoms with Gasteiger partial charge in [0.25, 0.3) is 0 Å². The van der Waals surface area contributed by atoms with Gasteiger partial charge in [-0.05, 0) is 60.8 Å². The zero-order valence-electron chi connectivity index (χ0n) is 15.5. The van der Waals surface area contributed by atoms with Gasteiger partial charge in [0.1, 0.15) is 12.4 Å². The van der Waals surface area contributed by atoms with Crippen LogP contribution in [0.1, 0.15) is 23.1 Å². The lowest BCUT2D eigenvalue weighted by atomic mass is 10.1. The van der Waals surface area contributed by atoms with E-state index >= 15 is 0 Å². The molecule has 1 saturated heterocycles. The highest BCUT2D eigenvalue weighted by Crippen LogP contribution is 2.30. The van der Waals surface area contributed by atoms with Crippen molar-refractivity contribution in [1.82, 2.24) is 4.90 Å². The molecule has 28 heavy (non-hydrogen) atoms. The van der Waals surface area contributed by atoms with Gasteiger partial charge in [-0.2, -0.15) is 13.2 Å². The lowest BCUT2D eigenvalue weighted by Crippen LogP contribution is -2.36. The van der Waals surface area contributed by atoms with Crippen molar-refractivity contribution in [2.24, 2.45) is 0 Å². The normalized spacial score (nSPS) is 15.6. The molecule has 2 aromatic carbocycles. The van der Waals surface area contributed by atoms with Crippen molar-refractivity contribution < 1.29 is 22.6 Å². The van der Waals surface area contributed by atoms with Crippen LogP contribution < -0.4 is 4.74 Å². The third-order valence-electron chi connectivity index (χ3n) is 4.70. The van der Waals surface area contributed by atoms with Crippen LogP contribution in [-0.2, 0) is 23.9 Å². The van der Waals surface area contributed by atoms with Crippen molar-refractivity contribution in [3.05, 3.63) is 64.2 Å². The Bertz CT molecular complexity index is 776. The predicted octanol–water partition coefficient (Wildman–Crippen LogP) is 5.20. The average molecular weight is 414 g/mol. The molecule has 7 heteroatoms. The second-order valence-corrected chi connectivity index (χ2v) is 7.23. The van der Waals surface area contributed by atoms with Gasteiger partial charge in [-0.15, -0.1) is 0 Å². The minimum Gasteiger partial charge on any atom is -0.489 e. The summed E-state index contributed by atoms with van der Waals surface area (Å²) in [5.74, 6) is 0.656. The topological polar surface area (TPSA) is 21.7 Å². The molecule has 0 radical (unpaired) electrons. The number of hydrogen-bond acceptors (Lipinski definition) is 3. The van der Waals surface area contributed by atoms with Gasteiger partial charge >= 0.3 is 6.18 Å². The summed E-state index contributed by atoms with van der Waals surface area (Å²) < 4.78 is 49.8. The van der Waals surface area contributed by atoms with Crippen LogP contribution in [0, 0.1) is 0 Å². The SMILES string of the molecule is FC(F)(F)c1cccc(COc2ccc(Cl)cc2CCCN2CCOCC2)c1. The fraction of sp³-hybridized carbons (Fsp3) is 0.429. The summed E-state index contributed by atoms with van der Waals surface area (Å²) in [6.07, 6.45) is -2.63. The number of benzene rings is 2. The molecule has 0 spiro atoms. The molecule has 0 unspecified atom stereocenters. The van der Waals surface area contributed by atoms with Crippen LogP contribution in [0.5, 0.6) is 5.75 Å². The maximum absolute atomic E-state index is 12.9. The Labute approximate surface area is 168 Å². The monoisotopic (exact) mass is 413 g/mol. The van der Waals surface area contributed by atoms with Crippen LogP contribution in [0.4, 0.5) is 13.2 Å². The van der Waals surface area contributed by atoms with Gasteiger partial charge < -0.3 is 9.47 Å². The summed E-state index contributed by atoms with van der Waals surface area (Å²) in [5.41, 5.74) is 0.771. The third kappa shape index (κ3) is 6.12. The Morgan fingerprint density at radius 2 is 1.86 bits per heavy atom. The van der Waals surface area contributed by atoms with E-state index in [1.165, 1.54) is 6.07 Å². The van der Waals surface area contributed by atoms with Crippen molar-refractivity contribution >= 4 is 11.6 Å². The van der Waals surface area contributed by atoms with Gasteiger partial charge in [0, 0.05) is 18.1 Å². The summed E-state index contributed by atoms with van der Waals surface area (Å²) in [6, 6.07) is 10.6. The lowest BCUT2D eigenvalue weighted by Gasteiger charge is -2.26. The zero-order valence-corrected chi connectivity index (χ0v) is 16.2. The molecule has 0 aliphatic carbocycles. The molecule has 2 aromatic rings. The average Bonchev–Trinajstić information content (AvgIpc) is 2.68. The smallest absolute Gasteiger partial charge is 0.416 e. The maximum atomic E-state index is 12.9. The number of halogens is 4. The van der Waals surface area contributed by atoms with Gasteiger partial charge in [0.2, 0.25) is 0 Å². The fourth-order valence-corrected chi connectivity index (χ4v) is 3.40. The van der Waals surface area contributed by atoms with E-state index in [9.17, 15) is 13.2 Å². The molecular weight excluding hydrogens is 391 g/mol. The number of morpholine rings is 1. The van der Waals surface area contributed by atoms with Gasteiger partial charge in [0.05, 0.1) is 18.8 Å². The molecule has 0 bridgehead atoms. The molecule has 1 aliphatic rings. The fourth-order valence-electron chi connectivity index (χ4n) is 3.20. The minimum absolute atomic E-state index is 0.0714. The van der Waals surface area contributed by atoms with Gasteiger partial charge in [-0.3, -0.25) is 4.90 Å². The van der Waals surface area contributed by atoms with E-state index in [2.05, 4.69) is 4.90 Å².